The van der Waals surface area contributed by atoms with Crippen LogP contribution in [-0.2, 0) is 0 Å². The Kier molecular flexibility index (Phi) is 4.07. The lowest BCUT2D eigenvalue weighted by Crippen LogP contribution is -2.14. The molecule has 0 saturated heterocycles. The van der Waals surface area contributed by atoms with Crippen LogP contribution in [0.5, 0.6) is 0 Å². The largest absolute Gasteiger partial charge is 0.399 e. The first-order valence-electron chi connectivity index (χ1n) is 5.46. The van der Waals surface area contributed by atoms with Crippen molar-refractivity contribution in [2.24, 2.45) is 0 Å². The maximum atomic E-state index is 12.1. The molecule has 0 aliphatic carbocycles. The van der Waals surface area contributed by atoms with Crippen molar-refractivity contribution in [3.8, 4) is 0 Å². The van der Waals surface area contributed by atoms with E-state index in [2.05, 4.69) is 26.2 Å². The van der Waals surface area contributed by atoms with Gasteiger partial charge in [-0.2, -0.15) is 0 Å². The van der Waals surface area contributed by atoms with Gasteiger partial charge in [-0.05, 0) is 52.7 Å². The smallest absolute Gasteiger partial charge is 0.258 e. The number of benzene rings is 1. The zero-order chi connectivity index (χ0) is 14.0. The molecule has 0 saturated carbocycles. The molecule has 0 atom stereocenters. The van der Waals surface area contributed by atoms with Crippen LogP contribution in [0.4, 0.5) is 11.5 Å². The van der Waals surface area contributed by atoms with Crippen molar-refractivity contribution in [1.82, 2.24) is 4.98 Å². The number of nitrogens with one attached hydrogen (secondary N) is 1. The number of nitrogen functional groups attached to an aromatic ring is 1. The number of amides is 1. The number of nitrogens with two attached hydrogens (primary N) is 1. The van der Waals surface area contributed by atoms with Gasteiger partial charge in [0, 0.05) is 16.4 Å². The van der Waals surface area contributed by atoms with E-state index in [0.29, 0.717) is 22.1 Å². The minimum atomic E-state index is -0.338. The van der Waals surface area contributed by atoms with Crippen molar-refractivity contribution < 1.29 is 4.79 Å². The van der Waals surface area contributed by atoms with Crippen molar-refractivity contribution in [3.05, 3.63) is 51.1 Å². The number of pyridine rings is 1. The third-order valence-electron chi connectivity index (χ3n) is 2.51. The second-order valence-electron chi connectivity index (χ2n) is 4.01. The molecule has 98 valence electrons. The Morgan fingerprint density at radius 1 is 1.42 bits per heavy atom. The summed E-state index contributed by atoms with van der Waals surface area (Å²) in [5.41, 5.74) is 7.30. The number of rotatable bonds is 2. The Morgan fingerprint density at radius 3 is 2.84 bits per heavy atom. The van der Waals surface area contributed by atoms with Crippen molar-refractivity contribution >= 4 is 44.9 Å². The summed E-state index contributed by atoms with van der Waals surface area (Å²) in [4.78, 5) is 16.3. The first-order chi connectivity index (χ1) is 8.97. The summed E-state index contributed by atoms with van der Waals surface area (Å²) < 4.78 is 0.852. The van der Waals surface area contributed by atoms with Gasteiger partial charge in [0.25, 0.3) is 5.91 Å². The first kappa shape index (κ1) is 13.8. The van der Waals surface area contributed by atoms with Crippen molar-refractivity contribution in [3.63, 3.8) is 0 Å². The average Bonchev–Trinajstić information content (AvgIpc) is 2.35. The standard InChI is InChI=1S/C13H11BrClN3O/c1-7-4-8(14)6-17-12(7)18-13(19)10-5-9(16)2-3-11(10)15/h2-6H,16H2,1H3,(H,17,18,19). The molecule has 6 heteroatoms. The molecule has 0 aliphatic heterocycles. The van der Waals surface area contributed by atoms with Gasteiger partial charge in [0.05, 0.1) is 10.6 Å². The Balaban J connectivity index is 2.28. The summed E-state index contributed by atoms with van der Waals surface area (Å²) in [6.07, 6.45) is 1.61. The van der Waals surface area contributed by atoms with Crippen LogP contribution in [0, 0.1) is 6.92 Å². The van der Waals surface area contributed by atoms with E-state index in [1.165, 1.54) is 6.07 Å². The zero-order valence-electron chi connectivity index (χ0n) is 10.1. The van der Waals surface area contributed by atoms with Gasteiger partial charge < -0.3 is 11.1 Å². The third kappa shape index (κ3) is 3.24. The van der Waals surface area contributed by atoms with E-state index in [-0.39, 0.29) is 5.91 Å². The molecule has 0 bridgehead atoms. The summed E-state index contributed by atoms with van der Waals surface area (Å²) in [5.74, 6) is 0.155. The van der Waals surface area contributed by atoms with E-state index in [1.807, 2.05) is 13.0 Å². The molecule has 0 radical (unpaired) electrons. The average molecular weight is 341 g/mol. The van der Waals surface area contributed by atoms with Crippen molar-refractivity contribution in [1.29, 1.82) is 0 Å². The maximum absolute atomic E-state index is 12.1. The Morgan fingerprint density at radius 2 is 2.16 bits per heavy atom. The molecule has 1 aromatic heterocycles. The highest BCUT2D eigenvalue weighted by atomic mass is 79.9. The van der Waals surface area contributed by atoms with Crippen molar-refractivity contribution in [2.75, 3.05) is 11.1 Å². The van der Waals surface area contributed by atoms with Crippen LogP contribution in [0.25, 0.3) is 0 Å². The molecule has 2 rings (SSSR count). The van der Waals surface area contributed by atoms with Gasteiger partial charge in [-0.1, -0.05) is 11.6 Å². The fraction of sp³-hybridized carbons (Fsp3) is 0.0769. The number of hydrogen-bond donors (Lipinski definition) is 2. The highest BCUT2D eigenvalue weighted by Crippen LogP contribution is 2.22. The van der Waals surface area contributed by atoms with Crippen LogP contribution in [-0.4, -0.2) is 10.9 Å². The quantitative estimate of drug-likeness (QED) is 0.820. The fourth-order valence-electron chi connectivity index (χ4n) is 1.56. The summed E-state index contributed by atoms with van der Waals surface area (Å²) >= 11 is 9.29. The van der Waals surface area contributed by atoms with Gasteiger partial charge in [-0.25, -0.2) is 4.98 Å². The number of halogens is 2. The van der Waals surface area contributed by atoms with Crippen LogP contribution < -0.4 is 11.1 Å². The Hall–Kier alpha value is -1.59. The van der Waals surface area contributed by atoms with Gasteiger partial charge in [0.2, 0.25) is 0 Å². The van der Waals surface area contributed by atoms with Crippen LogP contribution in [0.3, 0.4) is 0 Å². The molecule has 19 heavy (non-hydrogen) atoms. The number of carbonyl (C=O) groups excluding carboxylic acids is 1. The summed E-state index contributed by atoms with van der Waals surface area (Å²) in [5, 5.41) is 3.06. The maximum Gasteiger partial charge on any atom is 0.258 e. The van der Waals surface area contributed by atoms with Crippen LogP contribution >= 0.6 is 27.5 Å². The highest BCUT2D eigenvalue weighted by molar-refractivity contribution is 9.10. The Labute approximate surface area is 124 Å². The van der Waals surface area contributed by atoms with Gasteiger partial charge in [-0.3, -0.25) is 4.79 Å². The molecule has 3 N–H and O–H groups in total. The molecule has 2 aromatic rings. The molecule has 4 nitrogen and oxygen atoms in total. The lowest BCUT2D eigenvalue weighted by atomic mass is 10.2. The number of anilines is 2. The topological polar surface area (TPSA) is 68.0 Å². The molecule has 0 aliphatic rings. The van der Waals surface area contributed by atoms with Gasteiger partial charge >= 0.3 is 0 Å². The molecular weight excluding hydrogens is 330 g/mol. The Bertz CT molecular complexity index is 646. The van der Waals surface area contributed by atoms with Crippen LogP contribution in [0.2, 0.25) is 5.02 Å². The predicted molar refractivity (Wildman–Crippen MR) is 80.5 cm³/mol. The lowest BCUT2D eigenvalue weighted by molar-refractivity contribution is 0.102. The molecule has 1 aromatic carbocycles. The summed E-state index contributed by atoms with van der Waals surface area (Å²) in [6.45, 7) is 1.86. The summed E-state index contributed by atoms with van der Waals surface area (Å²) in [6, 6.07) is 6.63. The number of aromatic nitrogens is 1. The molecule has 0 unspecified atom stereocenters. The van der Waals surface area contributed by atoms with E-state index in [9.17, 15) is 4.79 Å². The lowest BCUT2D eigenvalue weighted by Gasteiger charge is -2.09. The van der Waals surface area contributed by atoms with E-state index in [1.54, 1.807) is 18.3 Å². The normalized spacial score (nSPS) is 10.3. The minimum absolute atomic E-state index is 0.325. The first-order valence-corrected chi connectivity index (χ1v) is 6.63. The van der Waals surface area contributed by atoms with Crippen molar-refractivity contribution in [2.45, 2.75) is 6.92 Å². The molecular formula is C13H11BrClN3O. The second-order valence-corrected chi connectivity index (χ2v) is 5.34. The number of hydrogen-bond acceptors (Lipinski definition) is 3. The van der Waals surface area contributed by atoms with E-state index in [0.717, 1.165) is 10.0 Å². The number of nitrogens with zero attached hydrogens (tertiary/aromatic N) is 1. The summed E-state index contributed by atoms with van der Waals surface area (Å²) in [7, 11) is 0. The van der Waals surface area contributed by atoms with Gasteiger partial charge in [0.1, 0.15) is 5.82 Å². The minimum Gasteiger partial charge on any atom is -0.399 e. The van der Waals surface area contributed by atoms with Gasteiger partial charge in [-0.15, -0.1) is 0 Å². The van der Waals surface area contributed by atoms with E-state index >= 15 is 0 Å². The van der Waals surface area contributed by atoms with E-state index < -0.39 is 0 Å². The highest BCUT2D eigenvalue weighted by Gasteiger charge is 2.12. The van der Waals surface area contributed by atoms with Crippen LogP contribution in [0.1, 0.15) is 15.9 Å². The molecule has 1 heterocycles. The van der Waals surface area contributed by atoms with Gasteiger partial charge in [0.15, 0.2) is 0 Å². The SMILES string of the molecule is Cc1cc(Br)cnc1NC(=O)c1cc(N)ccc1Cl. The van der Waals surface area contributed by atoms with Crippen LogP contribution in [0.15, 0.2) is 34.9 Å². The molecule has 0 fully saturated rings. The number of carbonyl (C=O) groups is 1. The molecule has 1 amide bonds. The van der Waals surface area contributed by atoms with E-state index in [4.69, 9.17) is 17.3 Å². The molecule has 0 spiro atoms. The zero-order valence-corrected chi connectivity index (χ0v) is 12.4. The third-order valence-corrected chi connectivity index (χ3v) is 3.28. The monoisotopic (exact) mass is 339 g/mol. The second kappa shape index (κ2) is 5.59. The number of aryl methyl sites for hydroxylation is 1. The predicted octanol–water partition coefficient (Wildman–Crippen LogP) is 3.64. The fourth-order valence-corrected chi connectivity index (χ4v) is 2.21.